The molecular weight excluding hydrogens is 402 g/mol. The van der Waals surface area contributed by atoms with Gasteiger partial charge < -0.3 is 24.1 Å². The smallest absolute Gasteiger partial charge is 0.342 e. The van der Waals surface area contributed by atoms with E-state index >= 15 is 0 Å². The van der Waals surface area contributed by atoms with Gasteiger partial charge in [-0.1, -0.05) is 11.6 Å². The second kappa shape index (κ2) is 10.2. The number of carbonyl (C=O) groups is 2. The minimum atomic E-state index is -0.516. The van der Waals surface area contributed by atoms with E-state index in [0.29, 0.717) is 42.9 Å². The number of rotatable bonds is 8. The number of ether oxygens (including phenoxy) is 4. The van der Waals surface area contributed by atoms with Gasteiger partial charge in [-0.2, -0.15) is 0 Å². The first-order valence-corrected chi connectivity index (χ1v) is 10.6. The number of hydrogen-bond acceptors (Lipinski definition) is 8. The number of benzene rings is 1. The molecule has 0 aromatic heterocycles. The molecule has 1 saturated heterocycles. The molecule has 1 atom stereocenters. The van der Waals surface area contributed by atoms with Crippen molar-refractivity contribution in [3.8, 4) is 11.5 Å². The van der Waals surface area contributed by atoms with Crippen LogP contribution in [0, 0.1) is 6.92 Å². The first-order valence-electron chi connectivity index (χ1n) is 10.6. The van der Waals surface area contributed by atoms with Crippen molar-refractivity contribution < 1.29 is 33.6 Å². The van der Waals surface area contributed by atoms with Crippen LogP contribution in [0.15, 0.2) is 11.6 Å². The van der Waals surface area contributed by atoms with Gasteiger partial charge in [-0.15, -0.1) is 0 Å². The molecule has 1 N–H and O–H groups in total. The zero-order chi connectivity index (χ0) is 22.5. The lowest BCUT2D eigenvalue weighted by atomic mass is 9.94. The molecular formula is C23H31NO7. The van der Waals surface area contributed by atoms with Crippen molar-refractivity contribution in [2.75, 3.05) is 33.4 Å². The molecule has 0 spiro atoms. The topological polar surface area (TPSA) is 94.5 Å². The third kappa shape index (κ3) is 5.19. The van der Waals surface area contributed by atoms with E-state index in [0.717, 1.165) is 24.2 Å². The van der Waals surface area contributed by atoms with Crippen molar-refractivity contribution in [1.29, 1.82) is 0 Å². The maximum Gasteiger partial charge on any atom is 0.342 e. The maximum absolute atomic E-state index is 12.2. The van der Waals surface area contributed by atoms with E-state index in [1.807, 2.05) is 26.8 Å². The van der Waals surface area contributed by atoms with Crippen LogP contribution < -0.4 is 4.74 Å². The number of carbonyl (C=O) groups excluding carboxylic acids is 2. The number of fused-ring (bicyclic) bond motifs is 1. The molecule has 2 aliphatic rings. The minimum Gasteiger partial charge on any atom is -0.507 e. The van der Waals surface area contributed by atoms with Crippen LogP contribution in [-0.2, 0) is 32.0 Å². The molecule has 8 nitrogen and oxygen atoms in total. The molecule has 1 unspecified atom stereocenters. The van der Waals surface area contributed by atoms with E-state index in [1.54, 1.807) is 0 Å². The Hall–Kier alpha value is -2.58. The SMILES string of the molecule is COc1c(C)c2c(c(O)c1C/C=C(\C)CCC(=O)OC(C)N1CCOCC1)C(=O)OC2. The van der Waals surface area contributed by atoms with E-state index in [-0.39, 0.29) is 36.5 Å². The van der Waals surface area contributed by atoms with E-state index in [9.17, 15) is 14.7 Å². The summed E-state index contributed by atoms with van der Waals surface area (Å²) >= 11 is 0. The number of cyclic esters (lactones) is 1. The minimum absolute atomic E-state index is 0.0947. The van der Waals surface area contributed by atoms with Crippen molar-refractivity contribution in [3.63, 3.8) is 0 Å². The van der Waals surface area contributed by atoms with Gasteiger partial charge in [0.1, 0.15) is 23.7 Å². The highest BCUT2D eigenvalue weighted by Crippen LogP contribution is 2.42. The molecule has 170 valence electrons. The molecule has 1 aromatic rings. The lowest BCUT2D eigenvalue weighted by Crippen LogP contribution is -2.44. The average Bonchev–Trinajstić information content (AvgIpc) is 3.16. The second-order valence-electron chi connectivity index (χ2n) is 7.91. The summed E-state index contributed by atoms with van der Waals surface area (Å²) in [6, 6.07) is 0. The number of esters is 2. The Morgan fingerprint density at radius 3 is 2.68 bits per heavy atom. The summed E-state index contributed by atoms with van der Waals surface area (Å²) in [6.07, 6.45) is 2.86. The molecule has 1 fully saturated rings. The fourth-order valence-corrected chi connectivity index (χ4v) is 3.97. The van der Waals surface area contributed by atoms with Gasteiger partial charge in [0.2, 0.25) is 0 Å². The van der Waals surface area contributed by atoms with Gasteiger partial charge in [0, 0.05) is 30.6 Å². The van der Waals surface area contributed by atoms with Crippen molar-refractivity contribution in [2.45, 2.75) is 52.9 Å². The molecule has 2 aliphatic heterocycles. The van der Waals surface area contributed by atoms with Crippen LogP contribution in [0.4, 0.5) is 0 Å². The lowest BCUT2D eigenvalue weighted by Gasteiger charge is -2.31. The van der Waals surface area contributed by atoms with Gasteiger partial charge in [-0.05, 0) is 39.2 Å². The Balaban J connectivity index is 1.60. The summed E-state index contributed by atoms with van der Waals surface area (Å²) in [7, 11) is 1.54. The van der Waals surface area contributed by atoms with E-state index in [1.165, 1.54) is 7.11 Å². The first-order chi connectivity index (χ1) is 14.8. The van der Waals surface area contributed by atoms with Crippen molar-refractivity contribution >= 4 is 11.9 Å². The third-order valence-electron chi connectivity index (χ3n) is 5.89. The summed E-state index contributed by atoms with van der Waals surface area (Å²) in [4.78, 5) is 26.3. The molecule has 3 rings (SSSR count). The monoisotopic (exact) mass is 433 g/mol. The van der Waals surface area contributed by atoms with E-state index < -0.39 is 5.97 Å². The molecule has 0 radical (unpaired) electrons. The number of allylic oxidation sites excluding steroid dienone is 2. The van der Waals surface area contributed by atoms with Crippen molar-refractivity contribution in [2.24, 2.45) is 0 Å². The molecule has 0 amide bonds. The summed E-state index contributed by atoms with van der Waals surface area (Å²) in [5.41, 5.74) is 3.21. The van der Waals surface area contributed by atoms with Gasteiger partial charge in [0.25, 0.3) is 0 Å². The standard InChI is InChI=1S/C23H31NO7/c1-14(6-8-19(25)31-16(3)24-9-11-29-12-10-24)5-7-17-21(26)20-18(13-30-23(20)27)15(2)22(17)28-4/h5,16,26H,6-13H2,1-4H3/b14-5+. The van der Waals surface area contributed by atoms with Gasteiger partial charge in [0.15, 0.2) is 6.23 Å². The highest BCUT2D eigenvalue weighted by atomic mass is 16.6. The number of nitrogens with zero attached hydrogens (tertiary/aromatic N) is 1. The van der Waals surface area contributed by atoms with Gasteiger partial charge in [-0.3, -0.25) is 9.69 Å². The van der Waals surface area contributed by atoms with Crippen LogP contribution >= 0.6 is 0 Å². The van der Waals surface area contributed by atoms with Crippen LogP contribution in [0.1, 0.15) is 53.7 Å². The predicted octanol–water partition coefficient (Wildman–Crippen LogP) is 2.87. The Bertz CT molecular complexity index is 871. The normalized spacial score (nSPS) is 17.8. The van der Waals surface area contributed by atoms with E-state index in [4.69, 9.17) is 18.9 Å². The Morgan fingerprint density at radius 1 is 1.29 bits per heavy atom. The molecule has 31 heavy (non-hydrogen) atoms. The summed E-state index contributed by atoms with van der Waals surface area (Å²) in [5.74, 6) is -0.305. The lowest BCUT2D eigenvalue weighted by molar-refractivity contribution is -0.161. The zero-order valence-corrected chi connectivity index (χ0v) is 18.7. The molecule has 2 heterocycles. The van der Waals surface area contributed by atoms with Crippen molar-refractivity contribution in [3.05, 3.63) is 33.9 Å². The van der Waals surface area contributed by atoms with Gasteiger partial charge >= 0.3 is 11.9 Å². The summed E-state index contributed by atoms with van der Waals surface area (Å²) < 4.78 is 21.4. The van der Waals surface area contributed by atoms with Gasteiger partial charge in [0.05, 0.1) is 20.3 Å². The van der Waals surface area contributed by atoms with Crippen LogP contribution in [0.2, 0.25) is 0 Å². The highest BCUT2D eigenvalue weighted by Gasteiger charge is 2.31. The average molecular weight is 434 g/mol. The third-order valence-corrected chi connectivity index (χ3v) is 5.89. The highest BCUT2D eigenvalue weighted by molar-refractivity contribution is 5.98. The van der Waals surface area contributed by atoms with Crippen LogP contribution in [-0.4, -0.2) is 61.6 Å². The Labute approximate surface area is 182 Å². The number of methoxy groups -OCH3 is 1. The van der Waals surface area contributed by atoms with E-state index in [2.05, 4.69) is 4.90 Å². The number of phenolic OH excluding ortho intramolecular Hbond substituents is 1. The summed E-state index contributed by atoms with van der Waals surface area (Å²) in [5, 5.41) is 10.7. The molecule has 0 saturated carbocycles. The zero-order valence-electron chi connectivity index (χ0n) is 18.7. The molecule has 1 aromatic carbocycles. The van der Waals surface area contributed by atoms with Crippen LogP contribution in [0.25, 0.3) is 0 Å². The molecule has 0 bridgehead atoms. The second-order valence-corrected chi connectivity index (χ2v) is 7.91. The fourth-order valence-electron chi connectivity index (χ4n) is 3.97. The largest absolute Gasteiger partial charge is 0.507 e. The Morgan fingerprint density at radius 2 is 2.00 bits per heavy atom. The predicted molar refractivity (Wildman–Crippen MR) is 113 cm³/mol. The number of phenols is 1. The van der Waals surface area contributed by atoms with Crippen LogP contribution in [0.5, 0.6) is 11.5 Å². The number of hydrogen-bond donors (Lipinski definition) is 1. The Kier molecular flexibility index (Phi) is 7.56. The number of morpholine rings is 1. The molecule has 8 heteroatoms. The summed E-state index contributed by atoms with van der Waals surface area (Å²) in [6.45, 7) is 8.62. The fraction of sp³-hybridized carbons (Fsp3) is 0.565. The van der Waals surface area contributed by atoms with Crippen LogP contribution in [0.3, 0.4) is 0 Å². The first kappa shape index (κ1) is 23.1. The quantitative estimate of drug-likeness (QED) is 0.494. The maximum atomic E-state index is 12.2. The molecule has 0 aliphatic carbocycles. The van der Waals surface area contributed by atoms with Crippen molar-refractivity contribution in [1.82, 2.24) is 4.90 Å². The van der Waals surface area contributed by atoms with Gasteiger partial charge in [-0.25, -0.2) is 4.79 Å². The number of aromatic hydroxyl groups is 1.